The highest BCUT2D eigenvalue weighted by Gasteiger charge is 2.31. The molecule has 3 aromatic rings. The summed E-state index contributed by atoms with van der Waals surface area (Å²) in [6.45, 7) is 1.77. The van der Waals surface area contributed by atoms with Gasteiger partial charge in [0.25, 0.3) is 0 Å². The minimum atomic E-state index is -0.322. The summed E-state index contributed by atoms with van der Waals surface area (Å²) in [5.74, 6) is -0.256. The minimum Gasteiger partial charge on any atom is -0.368 e. The van der Waals surface area contributed by atoms with Crippen molar-refractivity contribution in [1.82, 2.24) is 15.0 Å². The molecule has 2 aromatic heterocycles. The summed E-state index contributed by atoms with van der Waals surface area (Å²) >= 11 is 0. The molecule has 26 heavy (non-hydrogen) atoms. The monoisotopic (exact) mass is 348 g/mol. The van der Waals surface area contributed by atoms with Crippen LogP contribution in [-0.2, 0) is 6.42 Å². The van der Waals surface area contributed by atoms with E-state index in [1.807, 2.05) is 12.1 Å². The number of aryl methyl sites for hydroxylation is 1. The molecule has 1 aromatic carbocycles. The van der Waals surface area contributed by atoms with Crippen molar-refractivity contribution in [3.63, 3.8) is 0 Å². The summed E-state index contributed by atoms with van der Waals surface area (Å²) in [5, 5.41) is 0. The van der Waals surface area contributed by atoms with Crippen LogP contribution in [0.25, 0.3) is 11.1 Å². The standard InChI is InChI=1S/C20H17FN4O/c1-11-19-17(25-20(22)24-11)7-13(8-18(19)26)15-5-4-14(21)9-16(15)12-3-2-6-23-10-12/h2-6,9-10,13H,7-8H2,1H3,(H2,22,24,25). The quantitative estimate of drug-likeness (QED) is 0.767. The topological polar surface area (TPSA) is 81.8 Å². The van der Waals surface area contributed by atoms with Gasteiger partial charge in [-0.05, 0) is 48.6 Å². The summed E-state index contributed by atoms with van der Waals surface area (Å²) in [4.78, 5) is 25.2. The first kappa shape index (κ1) is 16.3. The second-order valence-electron chi connectivity index (χ2n) is 6.49. The van der Waals surface area contributed by atoms with E-state index >= 15 is 0 Å². The number of aromatic nitrogens is 3. The van der Waals surface area contributed by atoms with Crippen molar-refractivity contribution >= 4 is 11.7 Å². The lowest BCUT2D eigenvalue weighted by Gasteiger charge is -2.26. The van der Waals surface area contributed by atoms with Crippen LogP contribution in [0.3, 0.4) is 0 Å². The highest BCUT2D eigenvalue weighted by molar-refractivity contribution is 6.00. The zero-order valence-electron chi connectivity index (χ0n) is 14.2. The van der Waals surface area contributed by atoms with Gasteiger partial charge < -0.3 is 5.73 Å². The lowest BCUT2D eigenvalue weighted by atomic mass is 9.79. The third-order valence-electron chi connectivity index (χ3n) is 4.76. The lowest BCUT2D eigenvalue weighted by Crippen LogP contribution is -2.23. The van der Waals surface area contributed by atoms with Crippen LogP contribution in [-0.4, -0.2) is 20.7 Å². The number of anilines is 1. The molecule has 1 atom stereocenters. The number of Topliss-reactive ketones (excluding diaryl/α,β-unsaturated/α-hetero) is 1. The third kappa shape index (κ3) is 2.83. The van der Waals surface area contributed by atoms with Crippen LogP contribution in [0, 0.1) is 12.7 Å². The predicted molar refractivity (Wildman–Crippen MR) is 96.2 cm³/mol. The fraction of sp³-hybridized carbons (Fsp3) is 0.200. The van der Waals surface area contributed by atoms with E-state index in [1.54, 1.807) is 25.4 Å². The van der Waals surface area contributed by atoms with Crippen LogP contribution < -0.4 is 5.73 Å². The first-order valence-corrected chi connectivity index (χ1v) is 8.39. The average molecular weight is 348 g/mol. The molecule has 0 fully saturated rings. The molecule has 1 unspecified atom stereocenters. The number of ketones is 1. The van der Waals surface area contributed by atoms with Crippen LogP contribution in [0.5, 0.6) is 0 Å². The molecule has 5 nitrogen and oxygen atoms in total. The van der Waals surface area contributed by atoms with Crippen molar-refractivity contribution in [1.29, 1.82) is 0 Å². The van der Waals surface area contributed by atoms with Crippen LogP contribution in [0.4, 0.5) is 10.3 Å². The van der Waals surface area contributed by atoms with Crippen LogP contribution in [0.1, 0.15) is 39.6 Å². The van der Waals surface area contributed by atoms with E-state index in [0.29, 0.717) is 29.8 Å². The molecule has 1 aliphatic carbocycles. The van der Waals surface area contributed by atoms with Crippen molar-refractivity contribution in [2.45, 2.75) is 25.7 Å². The van der Waals surface area contributed by atoms with Gasteiger partial charge in [0.1, 0.15) is 5.82 Å². The predicted octanol–water partition coefficient (Wildman–Crippen LogP) is 3.48. The number of rotatable bonds is 2. The average Bonchev–Trinajstić information content (AvgIpc) is 2.61. The van der Waals surface area contributed by atoms with Crippen molar-refractivity contribution in [3.05, 3.63) is 71.1 Å². The van der Waals surface area contributed by atoms with E-state index in [9.17, 15) is 9.18 Å². The molecule has 0 amide bonds. The number of carbonyl (C=O) groups excluding carboxylic acids is 1. The normalized spacial score (nSPS) is 16.4. The molecule has 1 aliphatic rings. The van der Waals surface area contributed by atoms with E-state index in [-0.39, 0.29) is 23.5 Å². The Bertz CT molecular complexity index is 1000. The maximum absolute atomic E-state index is 13.9. The number of nitrogens with two attached hydrogens (primary N) is 1. The molecule has 0 saturated heterocycles. The molecular weight excluding hydrogens is 331 g/mol. The van der Waals surface area contributed by atoms with E-state index < -0.39 is 0 Å². The third-order valence-corrected chi connectivity index (χ3v) is 4.76. The highest BCUT2D eigenvalue weighted by atomic mass is 19.1. The maximum Gasteiger partial charge on any atom is 0.220 e. The molecule has 130 valence electrons. The summed E-state index contributed by atoms with van der Waals surface area (Å²) < 4.78 is 13.9. The molecule has 0 radical (unpaired) electrons. The van der Waals surface area contributed by atoms with Crippen LogP contribution >= 0.6 is 0 Å². The van der Waals surface area contributed by atoms with Crippen molar-refractivity contribution in [2.24, 2.45) is 0 Å². The molecule has 0 bridgehead atoms. The molecule has 4 rings (SSSR count). The Morgan fingerprint density at radius 1 is 1.19 bits per heavy atom. The smallest absolute Gasteiger partial charge is 0.220 e. The second-order valence-corrected chi connectivity index (χ2v) is 6.49. The Hall–Kier alpha value is -3.15. The SMILES string of the molecule is Cc1nc(N)nc2c1C(=O)CC(c1ccc(F)cc1-c1cccnc1)C2. The van der Waals surface area contributed by atoms with E-state index in [2.05, 4.69) is 15.0 Å². The molecular formula is C20H17FN4O. The second kappa shape index (κ2) is 6.29. The number of nitrogen functional groups attached to an aromatic ring is 1. The summed E-state index contributed by atoms with van der Waals surface area (Å²) in [6.07, 6.45) is 4.26. The summed E-state index contributed by atoms with van der Waals surface area (Å²) in [7, 11) is 0. The zero-order chi connectivity index (χ0) is 18.3. The van der Waals surface area contributed by atoms with Crippen molar-refractivity contribution in [3.8, 4) is 11.1 Å². The van der Waals surface area contributed by atoms with E-state index in [0.717, 1.165) is 16.7 Å². The minimum absolute atomic E-state index is 0.00443. The van der Waals surface area contributed by atoms with Gasteiger partial charge in [-0.3, -0.25) is 9.78 Å². The molecule has 6 heteroatoms. The van der Waals surface area contributed by atoms with Gasteiger partial charge in [-0.1, -0.05) is 12.1 Å². The number of nitrogens with zero attached hydrogens (tertiary/aromatic N) is 3. The fourth-order valence-electron chi connectivity index (χ4n) is 3.67. The number of benzene rings is 1. The molecule has 0 saturated carbocycles. The van der Waals surface area contributed by atoms with Gasteiger partial charge in [-0.2, -0.15) is 0 Å². The van der Waals surface area contributed by atoms with Gasteiger partial charge in [0.05, 0.1) is 17.0 Å². The van der Waals surface area contributed by atoms with Gasteiger partial charge in [0.15, 0.2) is 5.78 Å². The van der Waals surface area contributed by atoms with Gasteiger partial charge in [-0.25, -0.2) is 14.4 Å². The Labute approximate surface area is 150 Å². The van der Waals surface area contributed by atoms with Gasteiger partial charge in [0, 0.05) is 24.4 Å². The Balaban J connectivity index is 1.81. The van der Waals surface area contributed by atoms with Crippen molar-refractivity contribution in [2.75, 3.05) is 5.73 Å². The summed E-state index contributed by atoms with van der Waals surface area (Å²) in [5.41, 5.74) is 10.1. The first-order valence-electron chi connectivity index (χ1n) is 8.39. The molecule has 2 heterocycles. The van der Waals surface area contributed by atoms with E-state index in [1.165, 1.54) is 12.1 Å². The first-order chi connectivity index (χ1) is 12.5. The van der Waals surface area contributed by atoms with Gasteiger partial charge >= 0.3 is 0 Å². The number of hydrogen-bond donors (Lipinski definition) is 1. The number of halogens is 1. The Morgan fingerprint density at radius 3 is 2.81 bits per heavy atom. The van der Waals surface area contributed by atoms with Gasteiger partial charge in [-0.15, -0.1) is 0 Å². The Morgan fingerprint density at radius 2 is 2.04 bits per heavy atom. The molecule has 0 aliphatic heterocycles. The lowest BCUT2D eigenvalue weighted by molar-refractivity contribution is 0.0962. The van der Waals surface area contributed by atoms with E-state index in [4.69, 9.17) is 5.73 Å². The summed E-state index contributed by atoms with van der Waals surface area (Å²) in [6, 6.07) is 8.36. The van der Waals surface area contributed by atoms with Crippen LogP contribution in [0.2, 0.25) is 0 Å². The fourth-order valence-corrected chi connectivity index (χ4v) is 3.67. The number of pyridine rings is 1. The van der Waals surface area contributed by atoms with Crippen molar-refractivity contribution < 1.29 is 9.18 Å². The van der Waals surface area contributed by atoms with Gasteiger partial charge in [0.2, 0.25) is 5.95 Å². The highest BCUT2D eigenvalue weighted by Crippen LogP contribution is 2.38. The Kier molecular flexibility index (Phi) is 3.95. The largest absolute Gasteiger partial charge is 0.368 e. The molecule has 2 N–H and O–H groups in total. The van der Waals surface area contributed by atoms with Crippen LogP contribution in [0.15, 0.2) is 42.7 Å². The number of carbonyl (C=O) groups is 1. The zero-order valence-corrected chi connectivity index (χ0v) is 14.2. The molecule has 0 spiro atoms. The number of fused-ring (bicyclic) bond motifs is 1. The number of hydrogen-bond acceptors (Lipinski definition) is 5. The maximum atomic E-state index is 13.9.